The van der Waals surface area contributed by atoms with Gasteiger partial charge in [-0.2, -0.15) is 0 Å². The Labute approximate surface area is 92.8 Å². The molecule has 88 valence electrons. The van der Waals surface area contributed by atoms with E-state index in [9.17, 15) is 13.2 Å². The number of H-pyrrole nitrogens is 1. The summed E-state index contributed by atoms with van der Waals surface area (Å²) >= 11 is 0. The molecular formula is C9H12N2O4S. The van der Waals surface area contributed by atoms with Crippen molar-refractivity contribution in [2.75, 3.05) is 0 Å². The molecule has 16 heavy (non-hydrogen) atoms. The predicted molar refractivity (Wildman–Crippen MR) is 55.2 cm³/mol. The van der Waals surface area contributed by atoms with Gasteiger partial charge in [0, 0.05) is 6.20 Å². The average Bonchev–Trinajstić information content (AvgIpc) is 2.58. The molecular weight excluding hydrogens is 232 g/mol. The van der Waals surface area contributed by atoms with Gasteiger partial charge in [-0.05, 0) is 25.3 Å². The zero-order valence-corrected chi connectivity index (χ0v) is 9.29. The summed E-state index contributed by atoms with van der Waals surface area (Å²) in [6, 6.07) is 1.18. The number of primary sulfonamides is 1. The van der Waals surface area contributed by atoms with Crippen LogP contribution in [0.4, 0.5) is 0 Å². The van der Waals surface area contributed by atoms with Crippen molar-refractivity contribution in [3.63, 3.8) is 0 Å². The van der Waals surface area contributed by atoms with Crippen LogP contribution in [-0.2, 0) is 14.8 Å². The number of nitrogens with two attached hydrogens (primary N) is 1. The van der Waals surface area contributed by atoms with Crippen molar-refractivity contribution in [2.45, 2.75) is 30.3 Å². The Bertz CT molecular complexity index is 501. The summed E-state index contributed by atoms with van der Waals surface area (Å²) in [7, 11) is -3.77. The molecule has 1 heterocycles. The topological polar surface area (TPSA) is 102 Å². The van der Waals surface area contributed by atoms with Crippen molar-refractivity contribution >= 4 is 16.0 Å². The van der Waals surface area contributed by atoms with Gasteiger partial charge in [-0.15, -0.1) is 0 Å². The highest BCUT2D eigenvalue weighted by Crippen LogP contribution is 2.23. The summed E-state index contributed by atoms with van der Waals surface area (Å²) < 4.78 is 27.0. The molecule has 0 aliphatic heterocycles. The van der Waals surface area contributed by atoms with Gasteiger partial charge >= 0.3 is 5.97 Å². The number of ether oxygens (including phenoxy) is 1. The maximum absolute atomic E-state index is 11.5. The minimum Gasteiger partial charge on any atom is -0.458 e. The number of nitrogens with one attached hydrogen (secondary N) is 1. The van der Waals surface area contributed by atoms with E-state index in [-0.39, 0.29) is 16.7 Å². The lowest BCUT2D eigenvalue weighted by molar-refractivity contribution is 0.00843. The van der Waals surface area contributed by atoms with Crippen LogP contribution in [0.3, 0.4) is 0 Å². The average molecular weight is 244 g/mol. The number of carbonyl (C=O) groups is 1. The number of aromatic amines is 1. The lowest BCUT2D eigenvalue weighted by Crippen LogP contribution is -2.25. The number of hydrogen-bond acceptors (Lipinski definition) is 4. The minimum absolute atomic E-state index is 0.0336. The Morgan fingerprint density at radius 1 is 1.50 bits per heavy atom. The van der Waals surface area contributed by atoms with Crippen molar-refractivity contribution in [3.05, 3.63) is 18.0 Å². The second-order valence-corrected chi connectivity index (χ2v) is 5.31. The highest BCUT2D eigenvalue weighted by Gasteiger charge is 2.23. The maximum Gasteiger partial charge on any atom is 0.355 e. The summed E-state index contributed by atoms with van der Waals surface area (Å²) in [4.78, 5) is 13.9. The molecule has 7 heteroatoms. The largest absolute Gasteiger partial charge is 0.458 e. The van der Waals surface area contributed by atoms with Crippen LogP contribution < -0.4 is 5.14 Å². The highest BCUT2D eigenvalue weighted by molar-refractivity contribution is 7.89. The van der Waals surface area contributed by atoms with E-state index in [1.807, 2.05) is 0 Å². The van der Waals surface area contributed by atoms with Crippen LogP contribution in [0.1, 0.15) is 29.8 Å². The third-order valence-electron chi connectivity index (χ3n) is 2.53. The van der Waals surface area contributed by atoms with Gasteiger partial charge in [-0.3, -0.25) is 0 Å². The van der Waals surface area contributed by atoms with Crippen LogP contribution in [0.5, 0.6) is 0 Å². The molecule has 0 spiro atoms. The van der Waals surface area contributed by atoms with E-state index >= 15 is 0 Å². The van der Waals surface area contributed by atoms with Crippen LogP contribution in [0.25, 0.3) is 0 Å². The molecule has 0 atom stereocenters. The number of esters is 1. The lowest BCUT2D eigenvalue weighted by Gasteiger charge is -2.24. The number of rotatable bonds is 3. The molecule has 1 aliphatic rings. The van der Waals surface area contributed by atoms with Crippen molar-refractivity contribution < 1.29 is 17.9 Å². The van der Waals surface area contributed by atoms with Gasteiger partial charge in [0.2, 0.25) is 10.0 Å². The third-order valence-corrected chi connectivity index (χ3v) is 3.42. The van der Waals surface area contributed by atoms with E-state index in [4.69, 9.17) is 9.88 Å². The van der Waals surface area contributed by atoms with Crippen LogP contribution >= 0.6 is 0 Å². The zero-order chi connectivity index (χ0) is 11.8. The fourth-order valence-corrected chi connectivity index (χ4v) is 1.87. The van der Waals surface area contributed by atoms with Gasteiger partial charge in [0.1, 0.15) is 16.7 Å². The standard InChI is InChI=1S/C9H12N2O4S/c10-16(13,14)7-4-8(11-5-7)9(12)15-6-2-1-3-6/h4-6,11H,1-3H2,(H2,10,13,14). The van der Waals surface area contributed by atoms with Crippen molar-refractivity contribution in [2.24, 2.45) is 5.14 Å². The highest BCUT2D eigenvalue weighted by atomic mass is 32.2. The second-order valence-electron chi connectivity index (χ2n) is 3.75. The molecule has 6 nitrogen and oxygen atoms in total. The first-order chi connectivity index (χ1) is 7.47. The molecule has 0 bridgehead atoms. The molecule has 1 aliphatic carbocycles. The molecule has 0 saturated heterocycles. The summed E-state index contributed by atoms with van der Waals surface area (Å²) in [5, 5.41) is 4.91. The predicted octanol–water partition coefficient (Wildman–Crippen LogP) is 0.371. The molecule has 2 rings (SSSR count). The summed E-state index contributed by atoms with van der Waals surface area (Å²) in [5.41, 5.74) is 0.107. The molecule has 1 aromatic rings. The van der Waals surface area contributed by atoms with E-state index in [0.717, 1.165) is 19.3 Å². The van der Waals surface area contributed by atoms with E-state index in [1.54, 1.807) is 0 Å². The fourth-order valence-electron chi connectivity index (χ4n) is 1.36. The molecule has 1 aromatic heterocycles. The molecule has 3 N–H and O–H groups in total. The summed E-state index contributed by atoms with van der Waals surface area (Å²) in [5.74, 6) is -0.542. The van der Waals surface area contributed by atoms with Gasteiger partial charge in [-0.25, -0.2) is 18.4 Å². The van der Waals surface area contributed by atoms with E-state index in [1.165, 1.54) is 12.3 Å². The van der Waals surface area contributed by atoms with Crippen LogP contribution in [0.15, 0.2) is 17.2 Å². The van der Waals surface area contributed by atoms with Gasteiger partial charge < -0.3 is 9.72 Å². The Morgan fingerprint density at radius 3 is 2.62 bits per heavy atom. The maximum atomic E-state index is 11.5. The monoisotopic (exact) mass is 244 g/mol. The molecule has 0 aromatic carbocycles. The Morgan fingerprint density at radius 2 is 2.19 bits per heavy atom. The SMILES string of the molecule is NS(=O)(=O)c1c[nH]c(C(=O)OC2CCC2)c1. The van der Waals surface area contributed by atoms with Crippen LogP contribution in [0.2, 0.25) is 0 Å². The molecule has 1 fully saturated rings. The Balaban J connectivity index is 2.09. The normalized spacial score (nSPS) is 16.8. The zero-order valence-electron chi connectivity index (χ0n) is 8.47. The van der Waals surface area contributed by atoms with Crippen molar-refractivity contribution in [1.29, 1.82) is 0 Å². The third kappa shape index (κ3) is 2.25. The van der Waals surface area contributed by atoms with E-state index in [0.29, 0.717) is 0 Å². The molecule has 1 saturated carbocycles. The van der Waals surface area contributed by atoms with Crippen molar-refractivity contribution in [3.8, 4) is 0 Å². The van der Waals surface area contributed by atoms with Crippen LogP contribution in [-0.4, -0.2) is 25.5 Å². The van der Waals surface area contributed by atoms with Gasteiger partial charge in [-0.1, -0.05) is 0 Å². The summed E-state index contributed by atoms with van der Waals surface area (Å²) in [6.45, 7) is 0. The number of carbonyl (C=O) groups excluding carboxylic acids is 1. The molecule has 0 radical (unpaired) electrons. The van der Waals surface area contributed by atoms with Gasteiger partial charge in [0.25, 0.3) is 0 Å². The first-order valence-corrected chi connectivity index (χ1v) is 6.43. The lowest BCUT2D eigenvalue weighted by atomic mass is 9.96. The minimum atomic E-state index is -3.77. The van der Waals surface area contributed by atoms with E-state index in [2.05, 4.69) is 4.98 Å². The second kappa shape index (κ2) is 3.91. The summed E-state index contributed by atoms with van der Waals surface area (Å²) in [6.07, 6.45) is 3.94. The Hall–Kier alpha value is -1.34. The van der Waals surface area contributed by atoms with Gasteiger partial charge in [0.15, 0.2) is 0 Å². The molecule has 0 amide bonds. The smallest absolute Gasteiger partial charge is 0.355 e. The Kier molecular flexibility index (Phi) is 2.73. The number of sulfonamides is 1. The first-order valence-electron chi connectivity index (χ1n) is 4.89. The van der Waals surface area contributed by atoms with Crippen LogP contribution in [0, 0.1) is 0 Å². The van der Waals surface area contributed by atoms with Crippen molar-refractivity contribution in [1.82, 2.24) is 4.98 Å². The number of hydrogen-bond donors (Lipinski definition) is 2. The van der Waals surface area contributed by atoms with Gasteiger partial charge in [0.05, 0.1) is 0 Å². The fraction of sp³-hybridized carbons (Fsp3) is 0.444. The molecule has 0 unspecified atom stereocenters. The van der Waals surface area contributed by atoms with E-state index < -0.39 is 16.0 Å². The number of aromatic nitrogens is 1. The quantitative estimate of drug-likeness (QED) is 0.750. The first kappa shape index (κ1) is 11.2.